The number of hydrogen-bond acceptors (Lipinski definition) is 4. The Morgan fingerprint density at radius 2 is 2.20 bits per heavy atom. The zero-order chi connectivity index (χ0) is 15.0. The molecule has 6 nitrogen and oxygen atoms in total. The van der Waals surface area contributed by atoms with Gasteiger partial charge in [0.15, 0.2) is 0 Å². The van der Waals surface area contributed by atoms with Gasteiger partial charge < -0.3 is 14.2 Å². The van der Waals surface area contributed by atoms with E-state index in [-0.39, 0.29) is 24.3 Å². The molecule has 6 heteroatoms. The molecule has 1 unspecified atom stereocenters. The van der Waals surface area contributed by atoms with Gasteiger partial charge in [-0.2, -0.15) is 0 Å². The second-order valence-electron chi connectivity index (χ2n) is 4.80. The molecule has 0 radical (unpaired) electrons. The first-order valence-corrected chi connectivity index (χ1v) is 6.86. The van der Waals surface area contributed by atoms with Gasteiger partial charge in [-0.15, -0.1) is 0 Å². The number of hydrogen-bond donors (Lipinski definition) is 0. The average Bonchev–Trinajstić information content (AvgIpc) is 2.97. The van der Waals surface area contributed by atoms with Crippen molar-refractivity contribution >= 4 is 11.9 Å². The highest BCUT2D eigenvalue weighted by molar-refractivity contribution is 5.77. The summed E-state index contributed by atoms with van der Waals surface area (Å²) in [5, 5.41) is 0. The summed E-state index contributed by atoms with van der Waals surface area (Å²) in [7, 11) is 3.06. The molecule has 0 aliphatic heterocycles. The van der Waals surface area contributed by atoms with Crippen LogP contribution in [-0.2, 0) is 14.3 Å². The molecule has 0 saturated heterocycles. The summed E-state index contributed by atoms with van der Waals surface area (Å²) in [5.41, 5.74) is 0. The molecule has 0 aromatic carbocycles. The van der Waals surface area contributed by atoms with Crippen molar-refractivity contribution in [3.05, 3.63) is 18.7 Å². The van der Waals surface area contributed by atoms with Crippen molar-refractivity contribution in [1.82, 2.24) is 14.5 Å². The fraction of sp³-hybridized carbons (Fsp3) is 0.643. The van der Waals surface area contributed by atoms with E-state index in [1.54, 1.807) is 24.5 Å². The van der Waals surface area contributed by atoms with Gasteiger partial charge in [-0.1, -0.05) is 13.3 Å². The van der Waals surface area contributed by atoms with Gasteiger partial charge in [-0.05, 0) is 6.42 Å². The van der Waals surface area contributed by atoms with Gasteiger partial charge in [0.25, 0.3) is 0 Å². The number of methoxy groups -OCH3 is 1. The molecular weight excluding hydrogens is 258 g/mol. The van der Waals surface area contributed by atoms with Crippen LogP contribution in [0.5, 0.6) is 0 Å². The summed E-state index contributed by atoms with van der Waals surface area (Å²) in [6.07, 6.45) is 7.90. The number of ether oxygens (including phenoxy) is 1. The second-order valence-corrected chi connectivity index (χ2v) is 4.80. The molecule has 0 saturated carbocycles. The van der Waals surface area contributed by atoms with Crippen molar-refractivity contribution in [2.24, 2.45) is 0 Å². The van der Waals surface area contributed by atoms with Gasteiger partial charge in [-0.25, -0.2) is 4.98 Å². The Kier molecular flexibility index (Phi) is 6.76. The van der Waals surface area contributed by atoms with E-state index >= 15 is 0 Å². The molecule has 0 fully saturated rings. The number of amides is 1. The highest BCUT2D eigenvalue weighted by atomic mass is 16.5. The average molecular weight is 281 g/mol. The maximum Gasteiger partial charge on any atom is 0.307 e. The smallest absolute Gasteiger partial charge is 0.307 e. The normalized spacial score (nSPS) is 11.9. The topological polar surface area (TPSA) is 64.4 Å². The fourth-order valence-electron chi connectivity index (χ4n) is 2.02. The molecule has 0 spiro atoms. The number of carbonyl (C=O) groups is 2. The first-order chi connectivity index (χ1) is 9.58. The van der Waals surface area contributed by atoms with Crippen LogP contribution in [-0.4, -0.2) is 47.0 Å². The number of nitrogens with zero attached hydrogens (tertiary/aromatic N) is 3. The minimum absolute atomic E-state index is 0.0288. The maximum atomic E-state index is 12.2. The highest BCUT2D eigenvalue weighted by Gasteiger charge is 2.18. The predicted molar refractivity (Wildman–Crippen MR) is 75.1 cm³/mol. The van der Waals surface area contributed by atoms with Gasteiger partial charge in [0.05, 0.1) is 19.9 Å². The molecule has 0 N–H and O–H groups in total. The van der Waals surface area contributed by atoms with Gasteiger partial charge in [0, 0.05) is 38.4 Å². The van der Waals surface area contributed by atoms with Gasteiger partial charge in [0.2, 0.25) is 5.91 Å². The summed E-state index contributed by atoms with van der Waals surface area (Å²) in [6, 6.07) is 0.121. The van der Waals surface area contributed by atoms with E-state index in [2.05, 4.69) is 16.6 Å². The first kappa shape index (κ1) is 16.2. The first-order valence-electron chi connectivity index (χ1n) is 6.86. The van der Waals surface area contributed by atoms with Crippen LogP contribution in [0.15, 0.2) is 18.7 Å². The Balaban J connectivity index is 2.51. The molecule has 1 atom stereocenters. The Hall–Kier alpha value is -1.85. The highest BCUT2D eigenvalue weighted by Crippen LogP contribution is 2.18. The molecule has 1 heterocycles. The third-order valence-corrected chi connectivity index (χ3v) is 3.28. The van der Waals surface area contributed by atoms with Crippen LogP contribution < -0.4 is 0 Å². The number of aromatic nitrogens is 2. The Morgan fingerprint density at radius 3 is 2.75 bits per heavy atom. The number of esters is 1. The van der Waals surface area contributed by atoms with Crippen LogP contribution in [0.1, 0.15) is 38.6 Å². The van der Waals surface area contributed by atoms with Crippen molar-refractivity contribution in [3.63, 3.8) is 0 Å². The monoisotopic (exact) mass is 281 g/mol. The van der Waals surface area contributed by atoms with E-state index in [4.69, 9.17) is 0 Å². The predicted octanol–water partition coefficient (Wildman–Crippen LogP) is 1.64. The lowest BCUT2D eigenvalue weighted by Crippen LogP contribution is -2.31. The van der Waals surface area contributed by atoms with Crippen molar-refractivity contribution in [2.75, 3.05) is 20.7 Å². The standard InChI is InChI=1S/C14H23N3O3/c1-4-5-12(17-9-7-15-11-17)10-13(18)16(2)8-6-14(19)20-3/h7,9,11-12H,4-6,8,10H2,1-3H3. The molecule has 1 amide bonds. The number of carbonyl (C=O) groups excluding carboxylic acids is 2. The number of imidazole rings is 1. The van der Waals surface area contributed by atoms with E-state index in [1.165, 1.54) is 7.11 Å². The Labute approximate surface area is 119 Å². The van der Waals surface area contributed by atoms with Crippen molar-refractivity contribution in [3.8, 4) is 0 Å². The Morgan fingerprint density at radius 1 is 1.45 bits per heavy atom. The molecular formula is C14H23N3O3. The van der Waals surface area contributed by atoms with Crippen molar-refractivity contribution in [2.45, 2.75) is 38.6 Å². The summed E-state index contributed by atoms with van der Waals surface area (Å²) in [6.45, 7) is 2.48. The lowest BCUT2D eigenvalue weighted by Gasteiger charge is -2.22. The number of rotatable bonds is 8. The molecule has 1 rings (SSSR count). The molecule has 1 aromatic rings. The minimum atomic E-state index is -0.302. The van der Waals surface area contributed by atoms with E-state index < -0.39 is 0 Å². The van der Waals surface area contributed by atoms with E-state index in [0.29, 0.717) is 13.0 Å². The zero-order valence-electron chi connectivity index (χ0n) is 12.4. The fourth-order valence-corrected chi connectivity index (χ4v) is 2.02. The van der Waals surface area contributed by atoms with Crippen LogP contribution in [0.3, 0.4) is 0 Å². The second kappa shape index (κ2) is 8.35. The van der Waals surface area contributed by atoms with E-state index in [1.807, 2.05) is 10.8 Å². The van der Waals surface area contributed by atoms with Gasteiger partial charge in [-0.3, -0.25) is 9.59 Å². The zero-order valence-corrected chi connectivity index (χ0v) is 12.4. The lowest BCUT2D eigenvalue weighted by atomic mass is 10.1. The minimum Gasteiger partial charge on any atom is -0.469 e. The summed E-state index contributed by atoms with van der Waals surface area (Å²) >= 11 is 0. The van der Waals surface area contributed by atoms with Crippen LogP contribution >= 0.6 is 0 Å². The molecule has 0 aliphatic carbocycles. The third kappa shape index (κ3) is 5.03. The van der Waals surface area contributed by atoms with E-state index in [9.17, 15) is 9.59 Å². The summed E-state index contributed by atoms with van der Waals surface area (Å²) < 4.78 is 6.54. The largest absolute Gasteiger partial charge is 0.469 e. The van der Waals surface area contributed by atoms with Gasteiger partial charge >= 0.3 is 5.97 Å². The molecule has 1 aromatic heterocycles. The van der Waals surface area contributed by atoms with Crippen LogP contribution in [0.25, 0.3) is 0 Å². The summed E-state index contributed by atoms with van der Waals surface area (Å²) in [4.78, 5) is 28.8. The molecule has 0 aliphatic rings. The molecule has 20 heavy (non-hydrogen) atoms. The van der Waals surface area contributed by atoms with Crippen molar-refractivity contribution in [1.29, 1.82) is 0 Å². The third-order valence-electron chi connectivity index (χ3n) is 3.28. The SMILES string of the molecule is CCCC(CC(=O)N(C)CCC(=O)OC)n1ccnc1. The molecule has 112 valence electrons. The summed E-state index contributed by atoms with van der Waals surface area (Å²) in [5.74, 6) is -0.273. The van der Waals surface area contributed by atoms with Gasteiger partial charge in [0.1, 0.15) is 0 Å². The Bertz CT molecular complexity index is 417. The maximum absolute atomic E-state index is 12.2. The van der Waals surface area contributed by atoms with E-state index in [0.717, 1.165) is 12.8 Å². The molecule has 0 bridgehead atoms. The lowest BCUT2D eigenvalue weighted by molar-refractivity contribution is -0.141. The van der Waals surface area contributed by atoms with Crippen molar-refractivity contribution < 1.29 is 14.3 Å². The quantitative estimate of drug-likeness (QED) is 0.679. The van der Waals surface area contributed by atoms with Crippen LogP contribution in [0, 0.1) is 0 Å². The van der Waals surface area contributed by atoms with Crippen LogP contribution in [0.2, 0.25) is 0 Å². The van der Waals surface area contributed by atoms with Crippen LogP contribution in [0.4, 0.5) is 0 Å².